The van der Waals surface area contributed by atoms with Crippen molar-refractivity contribution in [3.63, 3.8) is 0 Å². The van der Waals surface area contributed by atoms with Gasteiger partial charge in [-0.2, -0.15) is 0 Å². The molecule has 2 nitrogen and oxygen atoms in total. The molecule has 0 N–H and O–H groups in total. The van der Waals surface area contributed by atoms with Crippen LogP contribution in [-0.2, 0) is 0 Å². The molecule has 84 valence electrons. The lowest BCUT2D eigenvalue weighted by atomic mass is 10.1. The largest absolute Gasteiger partial charge is 0.492 e. The molecule has 0 fully saturated rings. The molecule has 17 heavy (non-hydrogen) atoms. The lowest BCUT2D eigenvalue weighted by Gasteiger charge is -2.08. The lowest BCUT2D eigenvalue weighted by Crippen LogP contribution is -1.93. The average Bonchev–Trinajstić information content (AvgIpc) is 2.39. The summed E-state index contributed by atoms with van der Waals surface area (Å²) in [6.45, 7) is 2.65. The van der Waals surface area contributed by atoms with Crippen molar-refractivity contribution < 1.29 is 4.74 Å². The molecule has 0 amide bonds. The van der Waals surface area contributed by atoms with E-state index in [0.717, 1.165) is 22.0 Å². The van der Waals surface area contributed by atoms with E-state index in [1.54, 1.807) is 0 Å². The second-order valence-electron chi connectivity index (χ2n) is 3.93. The number of pyridine rings is 1. The summed E-state index contributed by atoms with van der Waals surface area (Å²) in [6, 6.07) is 14.4. The first-order valence-electron chi connectivity index (χ1n) is 5.79. The van der Waals surface area contributed by atoms with Crippen LogP contribution in [0.25, 0.3) is 21.7 Å². The molecule has 0 radical (unpaired) electrons. The number of ether oxygens (including phenoxy) is 1. The second-order valence-corrected chi connectivity index (χ2v) is 3.93. The smallest absolute Gasteiger partial charge is 0.145 e. The van der Waals surface area contributed by atoms with Gasteiger partial charge in [0.05, 0.1) is 6.61 Å². The van der Waals surface area contributed by atoms with Crippen molar-refractivity contribution in [1.82, 2.24) is 4.98 Å². The topological polar surface area (TPSA) is 22.1 Å². The fourth-order valence-corrected chi connectivity index (χ4v) is 2.13. The van der Waals surface area contributed by atoms with Crippen molar-refractivity contribution in [2.75, 3.05) is 6.61 Å². The van der Waals surface area contributed by atoms with Crippen LogP contribution in [0.15, 0.2) is 48.7 Å². The first-order valence-corrected chi connectivity index (χ1v) is 5.79. The van der Waals surface area contributed by atoms with Gasteiger partial charge in [0.1, 0.15) is 11.3 Å². The molecule has 0 aliphatic carbocycles. The Hall–Kier alpha value is -2.09. The van der Waals surface area contributed by atoms with Gasteiger partial charge in [0, 0.05) is 17.0 Å². The first kappa shape index (κ1) is 10.1. The van der Waals surface area contributed by atoms with Gasteiger partial charge in [0.2, 0.25) is 0 Å². The van der Waals surface area contributed by atoms with E-state index in [1.165, 1.54) is 5.39 Å². The van der Waals surface area contributed by atoms with Gasteiger partial charge in [-0.15, -0.1) is 0 Å². The van der Waals surface area contributed by atoms with Crippen LogP contribution in [0.3, 0.4) is 0 Å². The van der Waals surface area contributed by atoms with Gasteiger partial charge < -0.3 is 4.74 Å². The van der Waals surface area contributed by atoms with E-state index in [2.05, 4.69) is 29.2 Å². The van der Waals surface area contributed by atoms with E-state index in [-0.39, 0.29) is 0 Å². The molecule has 0 unspecified atom stereocenters. The van der Waals surface area contributed by atoms with Crippen molar-refractivity contribution >= 4 is 21.7 Å². The maximum absolute atomic E-state index is 5.61. The van der Waals surface area contributed by atoms with Crippen molar-refractivity contribution in [1.29, 1.82) is 0 Å². The standard InChI is InChI=1S/C15H13NO/c1-2-17-14-9-5-8-13-12-7-4-3-6-11(12)10-16-15(13)14/h3-10H,2H2,1H3. The maximum Gasteiger partial charge on any atom is 0.145 e. The minimum atomic E-state index is 0.660. The summed E-state index contributed by atoms with van der Waals surface area (Å²) in [5, 5.41) is 3.53. The fourth-order valence-electron chi connectivity index (χ4n) is 2.13. The van der Waals surface area contributed by atoms with Crippen LogP contribution in [0.5, 0.6) is 5.75 Å². The molecule has 0 spiro atoms. The molecule has 0 aliphatic heterocycles. The number of fused-ring (bicyclic) bond motifs is 3. The Bertz CT molecular complexity index is 676. The first-order chi connectivity index (χ1) is 8.40. The number of rotatable bonds is 2. The van der Waals surface area contributed by atoms with Gasteiger partial charge >= 0.3 is 0 Å². The van der Waals surface area contributed by atoms with Crippen LogP contribution in [0.1, 0.15) is 6.92 Å². The molecule has 2 aromatic carbocycles. The van der Waals surface area contributed by atoms with Crippen molar-refractivity contribution in [2.45, 2.75) is 6.92 Å². The Kier molecular flexibility index (Phi) is 2.41. The fraction of sp³-hybridized carbons (Fsp3) is 0.133. The van der Waals surface area contributed by atoms with E-state index in [0.29, 0.717) is 6.61 Å². The summed E-state index contributed by atoms with van der Waals surface area (Å²) < 4.78 is 5.61. The number of benzene rings is 2. The summed E-state index contributed by atoms with van der Waals surface area (Å²) >= 11 is 0. The van der Waals surface area contributed by atoms with Crippen molar-refractivity contribution in [2.24, 2.45) is 0 Å². The maximum atomic E-state index is 5.61. The lowest BCUT2D eigenvalue weighted by molar-refractivity contribution is 0.343. The van der Waals surface area contributed by atoms with E-state index in [4.69, 9.17) is 4.74 Å². The predicted molar refractivity (Wildman–Crippen MR) is 70.4 cm³/mol. The molecule has 3 aromatic rings. The molecular formula is C15H13NO. The number of hydrogen-bond acceptors (Lipinski definition) is 2. The van der Waals surface area contributed by atoms with Crippen LogP contribution in [0.4, 0.5) is 0 Å². The minimum absolute atomic E-state index is 0.660. The molecule has 1 aromatic heterocycles. The van der Waals surface area contributed by atoms with Gasteiger partial charge in [-0.05, 0) is 18.4 Å². The number of hydrogen-bond donors (Lipinski definition) is 0. The van der Waals surface area contributed by atoms with Crippen molar-refractivity contribution in [3.05, 3.63) is 48.7 Å². The molecule has 0 aliphatic rings. The molecule has 0 bridgehead atoms. The third-order valence-corrected chi connectivity index (χ3v) is 2.88. The van der Waals surface area contributed by atoms with Crippen LogP contribution in [0.2, 0.25) is 0 Å². The van der Waals surface area contributed by atoms with Crippen LogP contribution in [0, 0.1) is 0 Å². The summed E-state index contributed by atoms with van der Waals surface area (Å²) in [6.07, 6.45) is 1.90. The van der Waals surface area contributed by atoms with Gasteiger partial charge in [-0.25, -0.2) is 0 Å². The van der Waals surface area contributed by atoms with Crippen molar-refractivity contribution in [3.8, 4) is 5.75 Å². The highest BCUT2D eigenvalue weighted by Gasteiger charge is 2.05. The SMILES string of the molecule is CCOc1cccc2c1ncc1ccccc12. The summed E-state index contributed by atoms with van der Waals surface area (Å²) in [7, 11) is 0. The Balaban J connectivity index is 2.40. The number of nitrogens with zero attached hydrogens (tertiary/aromatic N) is 1. The van der Waals surface area contributed by atoms with Crippen LogP contribution >= 0.6 is 0 Å². The van der Waals surface area contributed by atoms with Gasteiger partial charge in [-0.1, -0.05) is 36.4 Å². The molecule has 1 heterocycles. The van der Waals surface area contributed by atoms with Gasteiger partial charge in [0.15, 0.2) is 0 Å². The van der Waals surface area contributed by atoms with Crippen LogP contribution < -0.4 is 4.74 Å². The molecular weight excluding hydrogens is 210 g/mol. The zero-order chi connectivity index (χ0) is 11.7. The highest BCUT2D eigenvalue weighted by molar-refractivity contribution is 6.06. The zero-order valence-electron chi connectivity index (χ0n) is 9.68. The summed E-state index contributed by atoms with van der Waals surface area (Å²) in [4.78, 5) is 4.50. The Morgan fingerprint density at radius 2 is 1.82 bits per heavy atom. The van der Waals surface area contributed by atoms with E-state index in [1.807, 2.05) is 31.3 Å². The molecule has 0 saturated heterocycles. The molecule has 2 heteroatoms. The third kappa shape index (κ3) is 1.62. The van der Waals surface area contributed by atoms with E-state index >= 15 is 0 Å². The van der Waals surface area contributed by atoms with E-state index in [9.17, 15) is 0 Å². The highest BCUT2D eigenvalue weighted by atomic mass is 16.5. The monoisotopic (exact) mass is 223 g/mol. The van der Waals surface area contributed by atoms with Gasteiger partial charge in [-0.3, -0.25) is 4.98 Å². The normalized spacial score (nSPS) is 10.9. The highest BCUT2D eigenvalue weighted by Crippen LogP contribution is 2.29. The third-order valence-electron chi connectivity index (χ3n) is 2.88. The predicted octanol–water partition coefficient (Wildman–Crippen LogP) is 3.79. The summed E-state index contributed by atoms with van der Waals surface area (Å²) in [5.74, 6) is 0.857. The minimum Gasteiger partial charge on any atom is -0.492 e. The van der Waals surface area contributed by atoms with Gasteiger partial charge in [0.25, 0.3) is 0 Å². The molecule has 3 rings (SSSR count). The Labute approximate surface area is 99.9 Å². The second kappa shape index (κ2) is 4.06. The van der Waals surface area contributed by atoms with E-state index < -0.39 is 0 Å². The average molecular weight is 223 g/mol. The quantitative estimate of drug-likeness (QED) is 0.617. The Morgan fingerprint density at radius 1 is 1.00 bits per heavy atom. The molecule has 0 atom stereocenters. The number of aromatic nitrogens is 1. The molecule has 0 saturated carbocycles. The summed E-state index contributed by atoms with van der Waals surface area (Å²) in [5.41, 5.74) is 0.938. The van der Waals surface area contributed by atoms with Crippen LogP contribution in [-0.4, -0.2) is 11.6 Å². The zero-order valence-corrected chi connectivity index (χ0v) is 9.68. The Morgan fingerprint density at radius 3 is 2.71 bits per heavy atom. The number of para-hydroxylation sites is 1.